The molecule has 2 rings (SSSR count). The van der Waals surface area contributed by atoms with Crippen LogP contribution >= 0.6 is 0 Å². The molecule has 0 spiro atoms. The van der Waals surface area contributed by atoms with Gasteiger partial charge in [0, 0.05) is 29.8 Å². The number of rotatable bonds is 3. The lowest BCUT2D eigenvalue weighted by molar-refractivity contribution is 0.585. The summed E-state index contributed by atoms with van der Waals surface area (Å²) in [7, 11) is 0. The number of aryl methyl sites for hydroxylation is 1. The van der Waals surface area contributed by atoms with Crippen LogP contribution in [0.1, 0.15) is 18.4 Å². The molecule has 19 heavy (non-hydrogen) atoms. The number of nitrogens with two attached hydrogens (primary N) is 1. The van der Waals surface area contributed by atoms with Gasteiger partial charge in [-0.1, -0.05) is 0 Å². The predicted molar refractivity (Wildman–Crippen MR) is 69.5 cm³/mol. The molecule has 2 aromatic rings. The van der Waals surface area contributed by atoms with E-state index in [1.54, 1.807) is 13.0 Å². The second-order valence-electron chi connectivity index (χ2n) is 4.62. The topological polar surface area (TPSA) is 51.8 Å². The highest BCUT2D eigenvalue weighted by Gasteiger charge is 2.11. The van der Waals surface area contributed by atoms with E-state index in [-0.39, 0.29) is 11.6 Å². The number of hydrogen-bond donors (Lipinski definition) is 1. The Hall–Kier alpha value is -1.88. The van der Waals surface area contributed by atoms with Gasteiger partial charge >= 0.3 is 0 Å². The number of benzene rings is 1. The van der Waals surface area contributed by atoms with Crippen LogP contribution in [0.4, 0.5) is 8.78 Å². The zero-order chi connectivity index (χ0) is 14.0. The van der Waals surface area contributed by atoms with Crippen molar-refractivity contribution in [2.24, 2.45) is 5.73 Å². The number of hydrogen-bond acceptors (Lipinski definition) is 3. The maximum absolute atomic E-state index is 13.7. The third-order valence-corrected chi connectivity index (χ3v) is 2.61. The molecule has 2 N–H and O–H groups in total. The van der Waals surface area contributed by atoms with E-state index in [0.29, 0.717) is 17.9 Å². The van der Waals surface area contributed by atoms with Crippen molar-refractivity contribution in [2.75, 3.05) is 0 Å². The minimum atomic E-state index is -0.634. The van der Waals surface area contributed by atoms with Gasteiger partial charge in [-0.2, -0.15) is 0 Å². The zero-order valence-corrected chi connectivity index (χ0v) is 10.8. The van der Waals surface area contributed by atoms with Gasteiger partial charge in [0.2, 0.25) is 0 Å². The van der Waals surface area contributed by atoms with Crippen LogP contribution in [0.5, 0.6) is 0 Å². The maximum atomic E-state index is 13.7. The summed E-state index contributed by atoms with van der Waals surface area (Å²) in [6.07, 6.45) is 0.511. The first kappa shape index (κ1) is 13.5. The smallest absolute Gasteiger partial charge is 0.135 e. The molecular weight excluding hydrogens is 248 g/mol. The molecule has 0 aliphatic rings. The first-order valence-electron chi connectivity index (χ1n) is 6.01. The van der Waals surface area contributed by atoms with Crippen molar-refractivity contribution >= 4 is 0 Å². The van der Waals surface area contributed by atoms with Crippen LogP contribution in [-0.4, -0.2) is 16.0 Å². The zero-order valence-electron chi connectivity index (χ0n) is 10.8. The Morgan fingerprint density at radius 3 is 2.58 bits per heavy atom. The largest absolute Gasteiger partial charge is 0.328 e. The lowest BCUT2D eigenvalue weighted by Gasteiger charge is -2.08. The SMILES string of the molecule is Cc1cc(-c2ccc(F)cc2F)nc(CC(C)N)n1. The summed E-state index contributed by atoms with van der Waals surface area (Å²) in [5.74, 6) is -0.679. The van der Waals surface area contributed by atoms with Crippen LogP contribution in [0, 0.1) is 18.6 Å². The standard InChI is InChI=1S/C14H15F2N3/c1-8(17)5-14-18-9(2)6-13(19-14)11-4-3-10(15)7-12(11)16/h3-4,6-8H,5,17H2,1-2H3. The van der Waals surface area contributed by atoms with Gasteiger partial charge in [-0.3, -0.25) is 0 Å². The average Bonchev–Trinajstić information content (AvgIpc) is 2.26. The summed E-state index contributed by atoms with van der Waals surface area (Å²) in [6.45, 7) is 3.65. The van der Waals surface area contributed by atoms with Gasteiger partial charge in [0.15, 0.2) is 0 Å². The fourth-order valence-electron chi connectivity index (χ4n) is 1.84. The van der Waals surface area contributed by atoms with Gasteiger partial charge in [-0.25, -0.2) is 18.7 Å². The van der Waals surface area contributed by atoms with E-state index in [1.807, 2.05) is 6.92 Å². The lowest BCUT2D eigenvalue weighted by atomic mass is 10.1. The van der Waals surface area contributed by atoms with Crippen molar-refractivity contribution in [1.29, 1.82) is 0 Å². The summed E-state index contributed by atoms with van der Waals surface area (Å²) in [5.41, 5.74) is 7.14. The molecule has 1 aromatic heterocycles. The Kier molecular flexibility index (Phi) is 3.85. The molecule has 0 aliphatic heterocycles. The minimum Gasteiger partial charge on any atom is -0.328 e. The Morgan fingerprint density at radius 1 is 1.21 bits per heavy atom. The van der Waals surface area contributed by atoms with E-state index in [9.17, 15) is 8.78 Å². The molecule has 100 valence electrons. The highest BCUT2D eigenvalue weighted by Crippen LogP contribution is 2.22. The Labute approximate surface area is 110 Å². The molecule has 0 bridgehead atoms. The molecular formula is C14H15F2N3. The van der Waals surface area contributed by atoms with Crippen LogP contribution in [0.2, 0.25) is 0 Å². The highest BCUT2D eigenvalue weighted by molar-refractivity contribution is 5.60. The number of halogens is 2. The third kappa shape index (κ3) is 3.32. The minimum absolute atomic E-state index is 0.0762. The van der Waals surface area contributed by atoms with Gasteiger partial charge in [0.05, 0.1) is 5.69 Å². The van der Waals surface area contributed by atoms with Gasteiger partial charge in [0.1, 0.15) is 17.5 Å². The molecule has 0 aliphatic carbocycles. The summed E-state index contributed by atoms with van der Waals surface area (Å²) in [6, 6.07) is 5.02. The fourth-order valence-corrected chi connectivity index (χ4v) is 1.84. The van der Waals surface area contributed by atoms with Crippen LogP contribution in [0.3, 0.4) is 0 Å². The fraction of sp³-hybridized carbons (Fsp3) is 0.286. The molecule has 1 atom stereocenters. The quantitative estimate of drug-likeness (QED) is 0.926. The molecule has 0 saturated heterocycles. The second-order valence-corrected chi connectivity index (χ2v) is 4.62. The average molecular weight is 263 g/mol. The predicted octanol–water partition coefficient (Wildman–Crippen LogP) is 2.62. The van der Waals surface area contributed by atoms with E-state index < -0.39 is 11.6 Å². The number of aromatic nitrogens is 2. The first-order valence-corrected chi connectivity index (χ1v) is 6.01. The van der Waals surface area contributed by atoms with Gasteiger partial charge in [-0.15, -0.1) is 0 Å². The Bertz CT molecular complexity index is 597. The molecule has 1 heterocycles. The van der Waals surface area contributed by atoms with Gasteiger partial charge in [-0.05, 0) is 32.0 Å². The third-order valence-electron chi connectivity index (χ3n) is 2.61. The van der Waals surface area contributed by atoms with Crippen molar-refractivity contribution in [2.45, 2.75) is 26.3 Å². The molecule has 0 saturated carbocycles. The van der Waals surface area contributed by atoms with Crippen molar-refractivity contribution in [3.05, 3.63) is 47.4 Å². The summed E-state index contributed by atoms with van der Waals surface area (Å²) in [4.78, 5) is 8.54. The summed E-state index contributed by atoms with van der Waals surface area (Å²) >= 11 is 0. The van der Waals surface area contributed by atoms with Crippen molar-refractivity contribution in [1.82, 2.24) is 9.97 Å². The molecule has 1 aromatic carbocycles. The molecule has 0 fully saturated rings. The molecule has 5 heteroatoms. The van der Waals surface area contributed by atoms with Crippen molar-refractivity contribution < 1.29 is 8.78 Å². The molecule has 1 unspecified atom stereocenters. The van der Waals surface area contributed by atoms with Gasteiger partial charge in [0.25, 0.3) is 0 Å². The summed E-state index contributed by atoms with van der Waals surface area (Å²) < 4.78 is 26.6. The second kappa shape index (κ2) is 5.40. The number of nitrogens with zero attached hydrogens (tertiary/aromatic N) is 2. The lowest BCUT2D eigenvalue weighted by Crippen LogP contribution is -2.19. The van der Waals surface area contributed by atoms with Crippen molar-refractivity contribution in [3.8, 4) is 11.3 Å². The van der Waals surface area contributed by atoms with E-state index in [1.165, 1.54) is 12.1 Å². The van der Waals surface area contributed by atoms with E-state index >= 15 is 0 Å². The highest BCUT2D eigenvalue weighted by atomic mass is 19.1. The van der Waals surface area contributed by atoms with Crippen LogP contribution in [0.25, 0.3) is 11.3 Å². The van der Waals surface area contributed by atoms with Crippen molar-refractivity contribution in [3.63, 3.8) is 0 Å². The van der Waals surface area contributed by atoms with Crippen LogP contribution < -0.4 is 5.73 Å². The van der Waals surface area contributed by atoms with Gasteiger partial charge < -0.3 is 5.73 Å². The van der Waals surface area contributed by atoms with E-state index in [0.717, 1.165) is 11.8 Å². The normalized spacial score (nSPS) is 12.5. The first-order chi connectivity index (χ1) is 8.95. The Morgan fingerprint density at radius 2 is 1.95 bits per heavy atom. The molecule has 0 radical (unpaired) electrons. The van der Waals surface area contributed by atoms with Crippen LogP contribution in [0.15, 0.2) is 24.3 Å². The molecule has 3 nitrogen and oxygen atoms in total. The monoisotopic (exact) mass is 263 g/mol. The maximum Gasteiger partial charge on any atom is 0.135 e. The van der Waals surface area contributed by atoms with E-state index in [2.05, 4.69) is 9.97 Å². The Balaban J connectivity index is 2.46. The van der Waals surface area contributed by atoms with Crippen LogP contribution in [-0.2, 0) is 6.42 Å². The molecule has 0 amide bonds. The summed E-state index contributed by atoms with van der Waals surface area (Å²) in [5, 5.41) is 0. The van der Waals surface area contributed by atoms with E-state index in [4.69, 9.17) is 5.73 Å².